The van der Waals surface area contributed by atoms with Crippen molar-refractivity contribution in [2.75, 3.05) is 5.73 Å². The van der Waals surface area contributed by atoms with E-state index in [4.69, 9.17) is 5.73 Å². The lowest BCUT2D eigenvalue weighted by Crippen LogP contribution is -2.23. The lowest BCUT2D eigenvalue weighted by molar-refractivity contribution is -0.255. The van der Waals surface area contributed by atoms with Crippen molar-refractivity contribution in [3.05, 3.63) is 34.4 Å². The van der Waals surface area contributed by atoms with Crippen LogP contribution in [0.4, 0.5) is 5.82 Å². The predicted octanol–water partition coefficient (Wildman–Crippen LogP) is 0.0255. The van der Waals surface area contributed by atoms with Crippen LogP contribution in [0.15, 0.2) is 33.4 Å². The lowest BCUT2D eigenvalue weighted by atomic mass is 10.1. The number of halogens is 1. The molecule has 0 fully saturated rings. The molecule has 10 heteroatoms. The number of hydrogen-bond acceptors (Lipinski definition) is 8. The molecule has 0 amide bonds. The molecule has 0 saturated carbocycles. The van der Waals surface area contributed by atoms with Gasteiger partial charge in [0, 0.05) is 10.0 Å². The highest BCUT2D eigenvalue weighted by molar-refractivity contribution is 9.10. The standard InChI is InChI=1S/C11H7BrN6O3/c12-6-3-1-5(2-4-6)8-7(11(19)20)14-17-18(8)10-9(13)15-21-16-10/h1-4H,(H2,13,15)(H,19,20)/p-1. The van der Waals surface area contributed by atoms with Crippen molar-refractivity contribution in [1.29, 1.82) is 0 Å². The zero-order valence-corrected chi connectivity index (χ0v) is 11.8. The molecule has 9 nitrogen and oxygen atoms in total. The molecule has 2 heterocycles. The second kappa shape index (κ2) is 4.98. The van der Waals surface area contributed by atoms with Gasteiger partial charge in [0.05, 0.1) is 5.97 Å². The second-order valence-corrected chi connectivity index (χ2v) is 4.88. The first-order valence-corrected chi connectivity index (χ1v) is 6.38. The van der Waals surface area contributed by atoms with Crippen LogP contribution in [0.2, 0.25) is 0 Å². The fourth-order valence-electron chi connectivity index (χ4n) is 1.77. The molecule has 0 atom stereocenters. The van der Waals surface area contributed by atoms with Gasteiger partial charge in [0.2, 0.25) is 11.6 Å². The van der Waals surface area contributed by atoms with Crippen LogP contribution in [-0.2, 0) is 0 Å². The van der Waals surface area contributed by atoms with Gasteiger partial charge in [-0.1, -0.05) is 33.3 Å². The fourth-order valence-corrected chi connectivity index (χ4v) is 2.04. The summed E-state index contributed by atoms with van der Waals surface area (Å²) in [6, 6.07) is 6.87. The van der Waals surface area contributed by atoms with Crippen LogP contribution in [0.1, 0.15) is 10.5 Å². The average Bonchev–Trinajstić information content (AvgIpc) is 3.05. The van der Waals surface area contributed by atoms with Gasteiger partial charge in [-0.05, 0) is 22.4 Å². The summed E-state index contributed by atoms with van der Waals surface area (Å²) in [6.45, 7) is 0. The van der Waals surface area contributed by atoms with Gasteiger partial charge in [-0.3, -0.25) is 0 Å². The third-order valence-corrected chi connectivity index (χ3v) is 3.21. The summed E-state index contributed by atoms with van der Waals surface area (Å²) >= 11 is 3.30. The van der Waals surface area contributed by atoms with Gasteiger partial charge in [0.25, 0.3) is 0 Å². The molecular weight excluding hydrogens is 344 g/mol. The molecule has 0 aliphatic carbocycles. The van der Waals surface area contributed by atoms with Crippen LogP contribution in [0.3, 0.4) is 0 Å². The number of carbonyl (C=O) groups excluding carboxylic acids is 1. The van der Waals surface area contributed by atoms with E-state index in [1.54, 1.807) is 24.3 Å². The van der Waals surface area contributed by atoms with E-state index < -0.39 is 5.97 Å². The molecule has 2 N–H and O–H groups in total. The summed E-state index contributed by atoms with van der Waals surface area (Å²) < 4.78 is 6.47. The number of nitrogens with zero attached hydrogens (tertiary/aromatic N) is 5. The minimum Gasteiger partial charge on any atom is -0.543 e. The molecule has 0 aliphatic heterocycles. The van der Waals surface area contributed by atoms with Crippen LogP contribution in [-0.4, -0.2) is 31.3 Å². The van der Waals surface area contributed by atoms with E-state index in [1.807, 2.05) is 0 Å². The summed E-state index contributed by atoms with van der Waals surface area (Å²) in [6.07, 6.45) is 0. The summed E-state index contributed by atoms with van der Waals surface area (Å²) in [7, 11) is 0. The molecule has 0 spiro atoms. The van der Waals surface area contributed by atoms with Crippen LogP contribution in [0, 0.1) is 0 Å². The maximum absolute atomic E-state index is 11.2. The van der Waals surface area contributed by atoms with E-state index in [1.165, 1.54) is 0 Å². The Morgan fingerprint density at radius 1 is 1.29 bits per heavy atom. The van der Waals surface area contributed by atoms with Crippen molar-refractivity contribution in [3.63, 3.8) is 0 Å². The minimum atomic E-state index is -1.46. The molecule has 0 saturated heterocycles. The number of hydrogen-bond donors (Lipinski definition) is 1. The van der Waals surface area contributed by atoms with E-state index in [0.717, 1.165) is 9.15 Å². The average molecular weight is 350 g/mol. The van der Waals surface area contributed by atoms with Crippen molar-refractivity contribution in [3.8, 4) is 17.1 Å². The maximum atomic E-state index is 11.2. The Labute approximate surface area is 125 Å². The summed E-state index contributed by atoms with van der Waals surface area (Å²) in [5.74, 6) is -1.45. The molecule has 3 rings (SSSR count). The number of aromatic nitrogens is 5. The van der Waals surface area contributed by atoms with Crippen LogP contribution < -0.4 is 10.8 Å². The molecule has 2 aromatic heterocycles. The first kappa shape index (κ1) is 13.2. The highest BCUT2D eigenvalue weighted by Crippen LogP contribution is 2.27. The zero-order chi connectivity index (χ0) is 15.0. The molecule has 21 heavy (non-hydrogen) atoms. The van der Waals surface area contributed by atoms with Crippen molar-refractivity contribution < 1.29 is 14.5 Å². The first-order valence-electron chi connectivity index (χ1n) is 5.59. The Morgan fingerprint density at radius 3 is 2.57 bits per heavy atom. The summed E-state index contributed by atoms with van der Waals surface area (Å²) in [5.41, 5.74) is 5.99. The number of nitrogens with two attached hydrogens (primary N) is 1. The molecule has 0 unspecified atom stereocenters. The molecule has 1 aromatic carbocycles. The zero-order valence-electron chi connectivity index (χ0n) is 10.2. The third-order valence-electron chi connectivity index (χ3n) is 2.68. The summed E-state index contributed by atoms with van der Waals surface area (Å²) in [4.78, 5) is 11.2. The van der Waals surface area contributed by atoms with E-state index >= 15 is 0 Å². The van der Waals surface area contributed by atoms with Crippen molar-refractivity contribution >= 4 is 27.7 Å². The highest BCUT2D eigenvalue weighted by Gasteiger charge is 2.21. The first-order chi connectivity index (χ1) is 10.1. The number of anilines is 1. The van der Waals surface area contributed by atoms with E-state index in [2.05, 4.69) is 41.2 Å². The number of aromatic carboxylic acids is 1. The number of nitrogen functional groups attached to an aromatic ring is 1. The number of carboxylic acid groups (broad SMARTS) is 1. The lowest BCUT2D eigenvalue weighted by Gasteiger charge is -2.06. The van der Waals surface area contributed by atoms with Gasteiger partial charge in [-0.15, -0.1) is 5.10 Å². The number of carbonyl (C=O) groups is 1. The maximum Gasteiger partial charge on any atom is 0.243 e. The highest BCUT2D eigenvalue weighted by atomic mass is 79.9. The van der Waals surface area contributed by atoms with Gasteiger partial charge >= 0.3 is 0 Å². The van der Waals surface area contributed by atoms with Crippen LogP contribution >= 0.6 is 15.9 Å². The van der Waals surface area contributed by atoms with Gasteiger partial charge < -0.3 is 15.6 Å². The molecule has 0 aliphatic rings. The predicted molar refractivity (Wildman–Crippen MR) is 71.1 cm³/mol. The molecule has 0 radical (unpaired) electrons. The largest absolute Gasteiger partial charge is 0.543 e. The number of carboxylic acids is 1. The van der Waals surface area contributed by atoms with E-state index in [9.17, 15) is 9.90 Å². The smallest absolute Gasteiger partial charge is 0.243 e. The van der Waals surface area contributed by atoms with Crippen LogP contribution in [0.5, 0.6) is 0 Å². The van der Waals surface area contributed by atoms with Crippen molar-refractivity contribution in [1.82, 2.24) is 25.3 Å². The second-order valence-electron chi connectivity index (χ2n) is 3.97. The van der Waals surface area contributed by atoms with Gasteiger partial charge in [0.1, 0.15) is 11.4 Å². The Morgan fingerprint density at radius 2 is 2.00 bits per heavy atom. The quantitative estimate of drug-likeness (QED) is 0.698. The Kier molecular flexibility index (Phi) is 3.14. The molecular formula is C11H6BrN6O3-. The Hall–Kier alpha value is -2.75. The van der Waals surface area contributed by atoms with Gasteiger partial charge in [-0.2, -0.15) is 4.68 Å². The molecule has 106 valence electrons. The normalized spacial score (nSPS) is 10.7. The van der Waals surface area contributed by atoms with Gasteiger partial charge in [0.15, 0.2) is 0 Å². The van der Waals surface area contributed by atoms with Crippen molar-refractivity contribution in [2.24, 2.45) is 0 Å². The minimum absolute atomic E-state index is 0.0387. The topological polar surface area (TPSA) is 136 Å². The van der Waals surface area contributed by atoms with E-state index in [-0.39, 0.29) is 23.0 Å². The Balaban J connectivity index is 2.25. The monoisotopic (exact) mass is 349 g/mol. The van der Waals surface area contributed by atoms with E-state index in [0.29, 0.717) is 5.56 Å². The Bertz CT molecular complexity index is 810. The van der Waals surface area contributed by atoms with Crippen molar-refractivity contribution in [2.45, 2.75) is 0 Å². The van der Waals surface area contributed by atoms with Crippen LogP contribution in [0.25, 0.3) is 17.1 Å². The third kappa shape index (κ3) is 2.25. The van der Waals surface area contributed by atoms with Gasteiger partial charge in [-0.25, -0.2) is 4.63 Å². The fraction of sp³-hybridized carbons (Fsp3) is 0. The summed E-state index contributed by atoms with van der Waals surface area (Å²) in [5, 5.41) is 25.5. The number of rotatable bonds is 3. The molecule has 3 aromatic rings. The SMILES string of the molecule is Nc1nonc1-n1nnc(C(=O)[O-])c1-c1ccc(Br)cc1. The molecule has 0 bridgehead atoms. The number of benzene rings is 1.